The second-order valence-electron chi connectivity index (χ2n) is 5.37. The van der Waals surface area contributed by atoms with Crippen molar-refractivity contribution in [3.8, 4) is 17.2 Å². The van der Waals surface area contributed by atoms with Crippen LogP contribution in [0.15, 0.2) is 35.4 Å². The van der Waals surface area contributed by atoms with Gasteiger partial charge in [0.15, 0.2) is 11.5 Å². The Bertz CT molecular complexity index is 524. The molecular weight excluding hydrogens is 264 g/mol. The highest BCUT2D eigenvalue weighted by molar-refractivity contribution is 5.53. The first-order valence-corrected chi connectivity index (χ1v) is 7.21. The predicted octanol–water partition coefficient (Wildman–Crippen LogP) is 4.64. The molecule has 0 spiro atoms. The van der Waals surface area contributed by atoms with E-state index in [1.165, 1.54) is 11.1 Å². The molecule has 1 aromatic rings. The molecule has 0 aliphatic carbocycles. The second-order valence-corrected chi connectivity index (χ2v) is 5.37. The number of ether oxygens (including phenoxy) is 2. The topological polar surface area (TPSA) is 38.7 Å². The van der Waals surface area contributed by atoms with Crippen molar-refractivity contribution in [2.75, 3.05) is 14.2 Å². The summed E-state index contributed by atoms with van der Waals surface area (Å²) in [5.41, 5.74) is 3.41. The van der Waals surface area contributed by atoms with Gasteiger partial charge in [0.1, 0.15) is 5.75 Å². The highest BCUT2D eigenvalue weighted by Crippen LogP contribution is 2.36. The van der Waals surface area contributed by atoms with E-state index < -0.39 is 0 Å². The number of phenolic OH excluding ortho intramolecular Hbond substituents is 1. The quantitative estimate of drug-likeness (QED) is 0.743. The van der Waals surface area contributed by atoms with Crippen LogP contribution in [-0.2, 0) is 6.42 Å². The molecule has 0 saturated heterocycles. The van der Waals surface area contributed by atoms with Crippen molar-refractivity contribution in [3.63, 3.8) is 0 Å². The van der Waals surface area contributed by atoms with E-state index in [2.05, 4.69) is 32.9 Å². The van der Waals surface area contributed by atoms with Gasteiger partial charge in [-0.3, -0.25) is 0 Å². The summed E-state index contributed by atoms with van der Waals surface area (Å²) < 4.78 is 10.5. The Morgan fingerprint density at radius 3 is 2.24 bits per heavy atom. The third-order valence-electron chi connectivity index (χ3n) is 3.39. The van der Waals surface area contributed by atoms with E-state index in [4.69, 9.17) is 9.47 Å². The first kappa shape index (κ1) is 17.2. The number of hydrogen-bond acceptors (Lipinski definition) is 3. The third kappa shape index (κ3) is 5.18. The first-order chi connectivity index (χ1) is 9.99. The van der Waals surface area contributed by atoms with Crippen LogP contribution >= 0.6 is 0 Å². The average Bonchev–Trinajstić information content (AvgIpc) is 2.45. The number of hydrogen-bond donors (Lipinski definition) is 1. The van der Waals surface area contributed by atoms with Gasteiger partial charge in [0.05, 0.1) is 14.2 Å². The molecule has 0 saturated carbocycles. The Hall–Kier alpha value is -1.90. The van der Waals surface area contributed by atoms with Crippen LogP contribution in [-0.4, -0.2) is 19.3 Å². The van der Waals surface area contributed by atoms with Gasteiger partial charge < -0.3 is 14.6 Å². The van der Waals surface area contributed by atoms with Crippen molar-refractivity contribution in [2.24, 2.45) is 0 Å². The Morgan fingerprint density at radius 2 is 1.67 bits per heavy atom. The number of allylic oxidation sites excluding steroid dienone is 4. The van der Waals surface area contributed by atoms with Gasteiger partial charge in [-0.2, -0.15) is 0 Å². The van der Waals surface area contributed by atoms with Crippen LogP contribution in [0.4, 0.5) is 0 Å². The van der Waals surface area contributed by atoms with Crippen molar-refractivity contribution < 1.29 is 14.6 Å². The number of phenols is 1. The molecule has 0 unspecified atom stereocenters. The lowest BCUT2D eigenvalue weighted by atomic mass is 10.0. The zero-order valence-corrected chi connectivity index (χ0v) is 13.7. The van der Waals surface area contributed by atoms with Crippen molar-refractivity contribution >= 4 is 0 Å². The molecule has 0 bridgehead atoms. The fourth-order valence-corrected chi connectivity index (χ4v) is 2.12. The van der Waals surface area contributed by atoms with Crippen molar-refractivity contribution in [1.29, 1.82) is 0 Å². The predicted molar refractivity (Wildman–Crippen MR) is 87.3 cm³/mol. The molecule has 0 aliphatic rings. The second kappa shape index (κ2) is 8.40. The molecule has 0 heterocycles. The van der Waals surface area contributed by atoms with Crippen LogP contribution in [0, 0.1) is 0 Å². The largest absolute Gasteiger partial charge is 0.504 e. The molecule has 0 atom stereocenters. The summed E-state index contributed by atoms with van der Waals surface area (Å²) in [4.78, 5) is 0. The highest BCUT2D eigenvalue weighted by atomic mass is 16.5. The maximum atomic E-state index is 10.2. The van der Waals surface area contributed by atoms with Crippen LogP contribution in [0.3, 0.4) is 0 Å². The van der Waals surface area contributed by atoms with Gasteiger partial charge in [0.25, 0.3) is 0 Å². The van der Waals surface area contributed by atoms with Crippen molar-refractivity contribution in [3.05, 3.63) is 41.0 Å². The zero-order valence-electron chi connectivity index (χ0n) is 13.7. The highest BCUT2D eigenvalue weighted by Gasteiger charge is 2.12. The molecule has 1 aromatic carbocycles. The van der Waals surface area contributed by atoms with Gasteiger partial charge >= 0.3 is 0 Å². The normalized spacial score (nSPS) is 11.2. The summed E-state index contributed by atoms with van der Waals surface area (Å²) in [6.45, 7) is 6.33. The van der Waals surface area contributed by atoms with Crippen LogP contribution in [0.25, 0.3) is 0 Å². The minimum absolute atomic E-state index is 0.158. The maximum absolute atomic E-state index is 10.2. The molecule has 3 nitrogen and oxygen atoms in total. The maximum Gasteiger partial charge on any atom is 0.164 e. The van der Waals surface area contributed by atoms with Crippen molar-refractivity contribution in [2.45, 2.75) is 40.0 Å². The SMILES string of the molecule is COc1ccc(OC)c(C/C=C(\C)CCC=C(C)C)c1O. The summed E-state index contributed by atoms with van der Waals surface area (Å²) in [5, 5.41) is 10.2. The van der Waals surface area contributed by atoms with E-state index >= 15 is 0 Å². The van der Waals surface area contributed by atoms with E-state index in [0.29, 0.717) is 17.9 Å². The molecule has 1 rings (SSSR count). The summed E-state index contributed by atoms with van der Waals surface area (Å²) in [6, 6.07) is 3.53. The summed E-state index contributed by atoms with van der Waals surface area (Å²) in [6.07, 6.45) is 7.08. The van der Waals surface area contributed by atoms with Crippen LogP contribution in [0.2, 0.25) is 0 Å². The summed E-state index contributed by atoms with van der Waals surface area (Å²) >= 11 is 0. The number of aromatic hydroxyl groups is 1. The molecule has 0 amide bonds. The molecule has 116 valence electrons. The Labute approximate surface area is 127 Å². The minimum atomic E-state index is 0.158. The molecule has 0 fully saturated rings. The molecule has 21 heavy (non-hydrogen) atoms. The average molecular weight is 290 g/mol. The van der Waals surface area contributed by atoms with E-state index in [0.717, 1.165) is 18.4 Å². The standard InChI is InChI=1S/C18H26O3/c1-13(2)7-6-8-14(3)9-10-15-16(20-4)11-12-17(21-5)18(15)19/h7,9,11-12,19H,6,8,10H2,1-5H3/b14-9+. The molecule has 0 radical (unpaired) electrons. The summed E-state index contributed by atoms with van der Waals surface area (Å²) in [5.74, 6) is 1.31. The van der Waals surface area contributed by atoms with Gasteiger partial charge in [-0.05, 0) is 52.2 Å². The van der Waals surface area contributed by atoms with E-state index in [1.54, 1.807) is 20.3 Å². The first-order valence-electron chi connectivity index (χ1n) is 7.21. The van der Waals surface area contributed by atoms with E-state index in [9.17, 15) is 5.11 Å². The molecule has 0 aromatic heterocycles. The Balaban J connectivity index is 2.84. The number of methoxy groups -OCH3 is 2. The van der Waals surface area contributed by atoms with E-state index in [-0.39, 0.29) is 5.75 Å². The van der Waals surface area contributed by atoms with Gasteiger partial charge in [-0.1, -0.05) is 23.3 Å². The third-order valence-corrected chi connectivity index (χ3v) is 3.39. The monoisotopic (exact) mass is 290 g/mol. The van der Waals surface area contributed by atoms with Crippen LogP contribution in [0.5, 0.6) is 17.2 Å². The fraction of sp³-hybridized carbons (Fsp3) is 0.444. The molecular formula is C18H26O3. The lowest BCUT2D eigenvalue weighted by Gasteiger charge is -2.12. The Morgan fingerprint density at radius 1 is 1.05 bits per heavy atom. The van der Waals surface area contributed by atoms with Crippen LogP contribution < -0.4 is 9.47 Å². The minimum Gasteiger partial charge on any atom is -0.504 e. The van der Waals surface area contributed by atoms with Gasteiger partial charge in [0.2, 0.25) is 0 Å². The zero-order chi connectivity index (χ0) is 15.8. The van der Waals surface area contributed by atoms with Gasteiger partial charge in [-0.25, -0.2) is 0 Å². The molecule has 3 heteroatoms. The van der Waals surface area contributed by atoms with Crippen LogP contribution in [0.1, 0.15) is 39.2 Å². The smallest absolute Gasteiger partial charge is 0.164 e. The van der Waals surface area contributed by atoms with E-state index in [1.807, 2.05) is 6.07 Å². The molecule has 1 N–H and O–H groups in total. The van der Waals surface area contributed by atoms with Gasteiger partial charge in [0, 0.05) is 5.56 Å². The lowest BCUT2D eigenvalue weighted by Crippen LogP contribution is -1.95. The number of benzene rings is 1. The Kier molecular flexibility index (Phi) is 6.86. The van der Waals surface area contributed by atoms with Gasteiger partial charge in [-0.15, -0.1) is 0 Å². The fourth-order valence-electron chi connectivity index (χ4n) is 2.12. The van der Waals surface area contributed by atoms with Crippen molar-refractivity contribution in [1.82, 2.24) is 0 Å². The lowest BCUT2D eigenvalue weighted by molar-refractivity contribution is 0.361. The number of rotatable bonds is 7. The summed E-state index contributed by atoms with van der Waals surface area (Å²) in [7, 11) is 3.15. The molecule has 0 aliphatic heterocycles.